The first kappa shape index (κ1) is 21.6. The highest BCUT2D eigenvalue weighted by atomic mass is 79.9. The number of nitrogens with zero attached hydrogens (tertiary/aromatic N) is 3. The van der Waals surface area contributed by atoms with E-state index < -0.39 is 0 Å². The fraction of sp³-hybridized carbons (Fsp3) is 0.174. The number of ether oxygens (including phenoxy) is 2. The molecule has 0 bridgehead atoms. The second-order valence-corrected chi connectivity index (χ2v) is 7.87. The highest BCUT2D eigenvalue weighted by Crippen LogP contribution is 2.36. The van der Waals surface area contributed by atoms with Crippen LogP contribution in [0.25, 0.3) is 11.0 Å². The Labute approximate surface area is 193 Å². The zero-order valence-corrected chi connectivity index (χ0v) is 19.4. The Balaban J connectivity index is 1.66. The van der Waals surface area contributed by atoms with Gasteiger partial charge in [0.05, 0.1) is 18.1 Å². The third-order valence-electron chi connectivity index (χ3n) is 4.80. The van der Waals surface area contributed by atoms with Gasteiger partial charge in [0.2, 0.25) is 5.95 Å². The van der Waals surface area contributed by atoms with Gasteiger partial charge >= 0.3 is 0 Å². The van der Waals surface area contributed by atoms with E-state index in [0.29, 0.717) is 29.7 Å². The molecule has 32 heavy (non-hydrogen) atoms. The number of anilines is 2. The van der Waals surface area contributed by atoms with E-state index in [1.54, 1.807) is 19.2 Å². The third kappa shape index (κ3) is 4.52. The molecule has 0 aliphatic heterocycles. The van der Waals surface area contributed by atoms with Gasteiger partial charge in [0.15, 0.2) is 11.5 Å². The number of aryl methyl sites for hydroxylation is 1. The summed E-state index contributed by atoms with van der Waals surface area (Å²) in [7, 11) is 3.51. The molecule has 0 atom stereocenters. The minimum atomic E-state index is -0.256. The summed E-state index contributed by atoms with van der Waals surface area (Å²) >= 11 is 3.44. The number of carbonyl (C=O) groups is 1. The monoisotopic (exact) mass is 495 g/mol. The van der Waals surface area contributed by atoms with E-state index in [2.05, 4.69) is 31.5 Å². The molecular weight excluding hydrogens is 474 g/mol. The maximum Gasteiger partial charge on any atom is 0.270 e. The number of nitrogens with one attached hydrogen (secondary N) is 2. The fourth-order valence-corrected chi connectivity index (χ4v) is 3.45. The second-order valence-electron chi connectivity index (χ2n) is 6.96. The Bertz CT molecular complexity index is 1270. The highest BCUT2D eigenvalue weighted by Gasteiger charge is 2.15. The van der Waals surface area contributed by atoms with Crippen molar-refractivity contribution in [1.82, 2.24) is 19.9 Å². The van der Waals surface area contributed by atoms with E-state index in [1.807, 2.05) is 54.9 Å². The lowest BCUT2D eigenvalue weighted by atomic mass is 10.2. The van der Waals surface area contributed by atoms with Crippen LogP contribution in [0.3, 0.4) is 0 Å². The molecule has 2 N–H and O–H groups in total. The van der Waals surface area contributed by atoms with Gasteiger partial charge in [-0.3, -0.25) is 9.78 Å². The first-order valence-electron chi connectivity index (χ1n) is 9.97. The van der Waals surface area contributed by atoms with E-state index in [-0.39, 0.29) is 11.6 Å². The van der Waals surface area contributed by atoms with Crippen LogP contribution in [-0.2, 0) is 7.05 Å². The average molecular weight is 496 g/mol. The van der Waals surface area contributed by atoms with Gasteiger partial charge in [0.25, 0.3) is 5.91 Å². The zero-order chi connectivity index (χ0) is 22.7. The lowest BCUT2D eigenvalue weighted by Crippen LogP contribution is -2.23. The second kappa shape index (κ2) is 9.27. The van der Waals surface area contributed by atoms with Crippen LogP contribution < -0.4 is 20.1 Å². The Morgan fingerprint density at radius 3 is 2.62 bits per heavy atom. The predicted octanol–water partition coefficient (Wildman–Crippen LogP) is 5.03. The zero-order valence-electron chi connectivity index (χ0n) is 17.8. The highest BCUT2D eigenvalue weighted by molar-refractivity contribution is 9.10. The van der Waals surface area contributed by atoms with Crippen molar-refractivity contribution in [1.29, 1.82) is 0 Å². The number of hydrogen-bond donors (Lipinski definition) is 2. The molecule has 0 radical (unpaired) electrons. The van der Waals surface area contributed by atoms with Crippen molar-refractivity contribution in [2.45, 2.75) is 6.92 Å². The van der Waals surface area contributed by atoms with Crippen molar-refractivity contribution in [2.75, 3.05) is 19.0 Å². The quantitative estimate of drug-likeness (QED) is 0.373. The molecule has 164 valence electrons. The van der Waals surface area contributed by atoms with Crippen molar-refractivity contribution in [3.63, 3.8) is 0 Å². The van der Waals surface area contributed by atoms with Gasteiger partial charge in [-0.2, -0.15) is 0 Å². The molecular formula is C23H22BrN5O3. The predicted molar refractivity (Wildman–Crippen MR) is 127 cm³/mol. The number of hydrogen-bond acceptors (Lipinski definition) is 6. The van der Waals surface area contributed by atoms with Gasteiger partial charge in [-0.15, -0.1) is 0 Å². The number of benzene rings is 2. The maximum absolute atomic E-state index is 12.1. The van der Waals surface area contributed by atoms with E-state index in [1.165, 1.54) is 6.20 Å². The number of imidazole rings is 1. The summed E-state index contributed by atoms with van der Waals surface area (Å²) in [5, 5.41) is 6.05. The Hall–Kier alpha value is -3.59. The van der Waals surface area contributed by atoms with Crippen LogP contribution in [0.4, 0.5) is 11.6 Å². The van der Waals surface area contributed by atoms with Gasteiger partial charge in [0.1, 0.15) is 11.4 Å². The van der Waals surface area contributed by atoms with Crippen molar-refractivity contribution < 1.29 is 14.3 Å². The van der Waals surface area contributed by atoms with Crippen LogP contribution >= 0.6 is 15.9 Å². The van der Waals surface area contributed by atoms with Crippen LogP contribution in [0.1, 0.15) is 17.4 Å². The summed E-state index contributed by atoms with van der Waals surface area (Å²) in [6.45, 7) is 2.37. The fourth-order valence-electron chi connectivity index (χ4n) is 3.19. The van der Waals surface area contributed by atoms with Crippen molar-refractivity contribution in [2.24, 2.45) is 7.05 Å². The summed E-state index contributed by atoms with van der Waals surface area (Å²) in [6.07, 6.45) is 1.53. The lowest BCUT2D eigenvalue weighted by Gasteiger charge is -2.11. The molecule has 9 heteroatoms. The normalized spacial score (nSPS) is 10.8. The van der Waals surface area contributed by atoms with Gasteiger partial charge < -0.3 is 24.7 Å². The van der Waals surface area contributed by atoms with Gasteiger partial charge in [-0.05, 0) is 37.3 Å². The molecule has 0 saturated carbocycles. The summed E-state index contributed by atoms with van der Waals surface area (Å²) < 4.78 is 14.5. The van der Waals surface area contributed by atoms with E-state index >= 15 is 0 Å². The van der Waals surface area contributed by atoms with Crippen LogP contribution in [-0.4, -0.2) is 34.1 Å². The van der Waals surface area contributed by atoms with Crippen molar-refractivity contribution >= 4 is 44.5 Å². The Morgan fingerprint density at radius 1 is 1.12 bits per heavy atom. The van der Waals surface area contributed by atoms with Gasteiger partial charge in [-0.25, -0.2) is 4.98 Å². The Kier molecular flexibility index (Phi) is 6.27. The topological polar surface area (TPSA) is 90.3 Å². The van der Waals surface area contributed by atoms with E-state index in [4.69, 9.17) is 14.5 Å². The lowest BCUT2D eigenvalue weighted by molar-refractivity contribution is 0.0950. The number of rotatable bonds is 7. The largest absolute Gasteiger partial charge is 0.493 e. The molecule has 2 heterocycles. The molecule has 8 nitrogen and oxygen atoms in total. The van der Waals surface area contributed by atoms with Crippen molar-refractivity contribution in [3.05, 3.63) is 64.9 Å². The van der Waals surface area contributed by atoms with E-state index in [9.17, 15) is 4.79 Å². The third-order valence-corrected chi connectivity index (χ3v) is 5.32. The number of aromatic nitrogens is 3. The van der Waals surface area contributed by atoms with Crippen LogP contribution in [0.5, 0.6) is 17.2 Å². The molecule has 2 aromatic carbocycles. The molecule has 0 saturated heterocycles. The first-order chi connectivity index (χ1) is 15.5. The van der Waals surface area contributed by atoms with E-state index in [0.717, 1.165) is 21.2 Å². The molecule has 0 fully saturated rings. The average Bonchev–Trinajstić information content (AvgIpc) is 3.09. The summed E-state index contributed by atoms with van der Waals surface area (Å²) in [5.74, 6) is 1.94. The minimum absolute atomic E-state index is 0.256. The molecule has 0 spiro atoms. The number of methoxy groups -OCH3 is 1. The number of carbonyl (C=O) groups excluding carboxylic acids is 1. The molecule has 0 aliphatic carbocycles. The maximum atomic E-state index is 12.1. The number of pyridine rings is 1. The van der Waals surface area contributed by atoms with Crippen LogP contribution in [0, 0.1) is 0 Å². The smallest absolute Gasteiger partial charge is 0.270 e. The van der Waals surface area contributed by atoms with Crippen molar-refractivity contribution in [3.8, 4) is 17.2 Å². The molecule has 4 aromatic rings. The summed E-state index contributed by atoms with van der Waals surface area (Å²) in [5.41, 5.74) is 2.82. The molecule has 4 rings (SSSR count). The number of fused-ring (bicyclic) bond motifs is 1. The first-order valence-corrected chi connectivity index (χ1v) is 10.8. The SMILES string of the molecule is CCNC(=O)c1cc(Oc2cc3nc(Nc4ccc(Br)cc4)n(C)c3cc2OC)ccn1. The standard InChI is InChI=1S/C23H22BrN5O3/c1-4-25-22(30)18-11-16(9-10-26-18)32-21-12-17-19(13-20(21)31-3)29(2)23(28-17)27-15-7-5-14(24)6-8-15/h5-13H,4H2,1-3H3,(H,25,30)(H,27,28). The van der Waals surface area contributed by atoms with Gasteiger partial charge in [-0.1, -0.05) is 15.9 Å². The summed E-state index contributed by atoms with van der Waals surface area (Å²) in [6, 6.07) is 14.8. The van der Waals surface area contributed by atoms with Gasteiger partial charge in [0, 0.05) is 48.1 Å². The number of halogens is 1. The minimum Gasteiger partial charge on any atom is -0.493 e. The summed E-state index contributed by atoms with van der Waals surface area (Å²) in [4.78, 5) is 20.9. The molecule has 2 aromatic heterocycles. The molecule has 0 unspecified atom stereocenters. The van der Waals surface area contributed by atoms with Crippen LogP contribution in [0.15, 0.2) is 59.2 Å². The van der Waals surface area contributed by atoms with Crippen LogP contribution in [0.2, 0.25) is 0 Å². The Morgan fingerprint density at radius 2 is 1.91 bits per heavy atom. The molecule has 0 aliphatic rings. The number of amides is 1. The molecule has 1 amide bonds.